The second kappa shape index (κ2) is 14.2. The van der Waals surface area contributed by atoms with E-state index in [9.17, 15) is 19.1 Å². The zero-order chi connectivity index (χ0) is 31.2. The summed E-state index contributed by atoms with van der Waals surface area (Å²) in [7, 11) is 0. The van der Waals surface area contributed by atoms with Crippen molar-refractivity contribution in [2.75, 3.05) is 22.1 Å². The zero-order valence-electron chi connectivity index (χ0n) is 25.7. The molecule has 234 valence electrons. The van der Waals surface area contributed by atoms with Crippen molar-refractivity contribution in [2.45, 2.75) is 90.0 Å². The number of benzene rings is 3. The van der Waals surface area contributed by atoms with Crippen molar-refractivity contribution in [3.63, 3.8) is 0 Å². The summed E-state index contributed by atoms with van der Waals surface area (Å²) in [5.41, 5.74) is 2.38. The monoisotopic (exact) mass is 603 g/mol. The summed E-state index contributed by atoms with van der Waals surface area (Å²) in [6.07, 6.45) is 11.4. The molecule has 0 saturated heterocycles. The Kier molecular flexibility index (Phi) is 10.2. The molecule has 5 rings (SSSR count). The smallest absolute Gasteiger partial charge is 0.336 e. The van der Waals surface area contributed by atoms with Gasteiger partial charge in [-0.1, -0.05) is 64.5 Å². The molecule has 8 heteroatoms. The Balaban J connectivity index is 1.50. The minimum Gasteiger partial charge on any atom is -0.478 e. The average Bonchev–Trinajstić information content (AvgIpc) is 3.01. The number of nitrogens with zero attached hydrogens (tertiary/aromatic N) is 1. The van der Waals surface area contributed by atoms with Gasteiger partial charge >= 0.3 is 12.0 Å². The summed E-state index contributed by atoms with van der Waals surface area (Å²) < 4.78 is 30.3. The Labute approximate surface area is 258 Å². The largest absolute Gasteiger partial charge is 0.478 e. The molecule has 0 unspecified atom stereocenters. The average molecular weight is 604 g/mol. The lowest BCUT2D eigenvalue weighted by atomic mass is 9.84. The molecule has 0 spiro atoms. The molecule has 44 heavy (non-hydrogen) atoms. The summed E-state index contributed by atoms with van der Waals surface area (Å²) in [4.78, 5) is 27.6. The summed E-state index contributed by atoms with van der Waals surface area (Å²) in [5.74, 6) is -1.83. The zero-order valence-corrected chi connectivity index (χ0v) is 25.7. The van der Waals surface area contributed by atoms with Crippen molar-refractivity contribution < 1.29 is 23.5 Å². The van der Waals surface area contributed by atoms with Crippen LogP contribution in [-0.4, -0.2) is 29.7 Å². The van der Waals surface area contributed by atoms with E-state index in [1.807, 2.05) is 12.1 Å². The van der Waals surface area contributed by atoms with Crippen LogP contribution in [0.25, 0.3) is 11.1 Å². The van der Waals surface area contributed by atoms with Gasteiger partial charge in [0.2, 0.25) is 0 Å². The standard InChI is InChI=1S/C36H43F2N3O3/c1-23(2)22-41(28-11-7-4-8-12-28)34-21-32(38)31(30-19-26(37)15-18-29(30)35(42)43)20-33(34)40-36(44)39-27-16-13-25(14-17-27)24-9-5-3-6-10-24/h13-21,23-24,28H,3-12,22H2,1-2H3,(H,42,43)(H2,39,40,44). The van der Waals surface area contributed by atoms with E-state index in [2.05, 4.69) is 41.5 Å². The Hall–Kier alpha value is -3.94. The van der Waals surface area contributed by atoms with E-state index < -0.39 is 23.6 Å². The topological polar surface area (TPSA) is 81.7 Å². The van der Waals surface area contributed by atoms with Gasteiger partial charge in [0.15, 0.2) is 0 Å². The SMILES string of the molecule is CC(C)CN(c1cc(F)c(-c2cc(F)ccc2C(=O)O)cc1NC(=O)Nc1ccc(C2CCCCC2)cc1)C1CCCCC1. The molecule has 2 aliphatic rings. The minimum absolute atomic E-state index is 0.0867. The van der Waals surface area contributed by atoms with E-state index >= 15 is 4.39 Å². The van der Waals surface area contributed by atoms with Gasteiger partial charge in [-0.3, -0.25) is 0 Å². The number of halogens is 2. The lowest BCUT2D eigenvalue weighted by Gasteiger charge is -2.38. The minimum atomic E-state index is -1.30. The third-order valence-corrected chi connectivity index (χ3v) is 8.97. The van der Waals surface area contributed by atoms with Gasteiger partial charge in [0.1, 0.15) is 11.6 Å². The normalized spacial score (nSPS) is 16.1. The molecule has 0 radical (unpaired) electrons. The molecule has 0 aromatic heterocycles. The molecular weight excluding hydrogens is 560 g/mol. The highest BCUT2D eigenvalue weighted by Crippen LogP contribution is 2.39. The van der Waals surface area contributed by atoms with Crippen molar-refractivity contribution in [3.8, 4) is 11.1 Å². The Morgan fingerprint density at radius 1 is 0.841 bits per heavy atom. The number of urea groups is 1. The van der Waals surface area contributed by atoms with Crippen molar-refractivity contribution >= 4 is 29.1 Å². The highest BCUT2D eigenvalue weighted by Gasteiger charge is 2.27. The van der Waals surface area contributed by atoms with Crippen molar-refractivity contribution in [1.29, 1.82) is 0 Å². The maximum absolute atomic E-state index is 16.0. The van der Waals surface area contributed by atoms with E-state index in [1.165, 1.54) is 49.8 Å². The highest BCUT2D eigenvalue weighted by molar-refractivity contribution is 6.03. The van der Waals surface area contributed by atoms with E-state index in [0.717, 1.165) is 50.3 Å². The molecule has 3 N–H and O–H groups in total. The number of rotatable bonds is 9. The number of nitrogens with one attached hydrogen (secondary N) is 2. The number of hydrogen-bond donors (Lipinski definition) is 3. The molecule has 0 atom stereocenters. The molecule has 0 heterocycles. The third kappa shape index (κ3) is 7.58. The van der Waals surface area contributed by atoms with Gasteiger partial charge in [-0.2, -0.15) is 0 Å². The van der Waals surface area contributed by atoms with Crippen LogP contribution >= 0.6 is 0 Å². The molecule has 3 aromatic carbocycles. The molecule has 0 aliphatic heterocycles. The summed E-state index contributed by atoms with van der Waals surface area (Å²) in [5, 5.41) is 15.6. The van der Waals surface area contributed by atoms with Crippen molar-refractivity contribution in [3.05, 3.63) is 77.4 Å². The van der Waals surface area contributed by atoms with Gasteiger partial charge in [-0.25, -0.2) is 18.4 Å². The number of amides is 2. The first-order chi connectivity index (χ1) is 21.2. The van der Waals surface area contributed by atoms with E-state index in [4.69, 9.17) is 0 Å². The van der Waals surface area contributed by atoms with Crippen LogP contribution in [0.1, 0.15) is 99.9 Å². The molecule has 2 amide bonds. The van der Waals surface area contributed by atoms with Crippen LogP contribution < -0.4 is 15.5 Å². The predicted octanol–water partition coefficient (Wildman–Crippen LogP) is 9.82. The number of carbonyl (C=O) groups excluding carboxylic acids is 1. The number of aromatic carboxylic acids is 1. The van der Waals surface area contributed by atoms with E-state index in [0.29, 0.717) is 29.5 Å². The lowest BCUT2D eigenvalue weighted by molar-refractivity contribution is 0.0697. The quantitative estimate of drug-likeness (QED) is 0.227. The van der Waals surface area contributed by atoms with Gasteiger partial charge in [-0.15, -0.1) is 0 Å². The summed E-state index contributed by atoms with van der Waals surface area (Å²) in [6.45, 7) is 4.86. The lowest BCUT2D eigenvalue weighted by Crippen LogP contribution is -2.40. The summed E-state index contributed by atoms with van der Waals surface area (Å²) in [6, 6.07) is 13.6. The van der Waals surface area contributed by atoms with Gasteiger partial charge in [0.25, 0.3) is 0 Å². The number of carboxylic acid groups (broad SMARTS) is 1. The van der Waals surface area contributed by atoms with E-state index in [1.54, 1.807) is 0 Å². The van der Waals surface area contributed by atoms with E-state index in [-0.39, 0.29) is 28.7 Å². The third-order valence-electron chi connectivity index (χ3n) is 8.97. The molecule has 2 fully saturated rings. The van der Waals surface area contributed by atoms with Crippen LogP contribution in [0.5, 0.6) is 0 Å². The maximum atomic E-state index is 16.0. The number of hydrogen-bond acceptors (Lipinski definition) is 3. The van der Waals surface area contributed by atoms with Gasteiger partial charge in [0.05, 0.1) is 16.9 Å². The molecule has 6 nitrogen and oxygen atoms in total. The second-order valence-electron chi connectivity index (χ2n) is 12.7. The molecular formula is C36H43F2N3O3. The van der Waals surface area contributed by atoms with Crippen LogP contribution in [-0.2, 0) is 0 Å². The van der Waals surface area contributed by atoms with Gasteiger partial charge < -0.3 is 20.6 Å². The fourth-order valence-electron chi connectivity index (χ4n) is 6.82. The van der Waals surface area contributed by atoms with Crippen LogP contribution in [0.15, 0.2) is 54.6 Å². The van der Waals surface area contributed by atoms with Crippen LogP contribution in [0.3, 0.4) is 0 Å². The Morgan fingerprint density at radius 2 is 1.50 bits per heavy atom. The maximum Gasteiger partial charge on any atom is 0.336 e. The van der Waals surface area contributed by atoms with Crippen LogP contribution in [0, 0.1) is 17.6 Å². The van der Waals surface area contributed by atoms with Gasteiger partial charge in [-0.05, 0) is 85.5 Å². The second-order valence-corrected chi connectivity index (χ2v) is 12.7. The number of carboxylic acids is 1. The molecule has 3 aromatic rings. The molecule has 2 aliphatic carbocycles. The molecule has 0 bridgehead atoms. The van der Waals surface area contributed by atoms with Crippen LogP contribution in [0.4, 0.5) is 30.6 Å². The predicted molar refractivity (Wildman–Crippen MR) is 173 cm³/mol. The highest BCUT2D eigenvalue weighted by atomic mass is 19.1. The van der Waals surface area contributed by atoms with Crippen molar-refractivity contribution in [2.24, 2.45) is 5.92 Å². The summed E-state index contributed by atoms with van der Waals surface area (Å²) >= 11 is 0. The van der Waals surface area contributed by atoms with Crippen LogP contribution in [0.2, 0.25) is 0 Å². The fourth-order valence-corrected chi connectivity index (χ4v) is 6.82. The number of carbonyl (C=O) groups is 2. The van der Waals surface area contributed by atoms with Crippen molar-refractivity contribution in [1.82, 2.24) is 0 Å². The molecule has 2 saturated carbocycles. The number of anilines is 3. The Bertz CT molecular complexity index is 1460. The van der Waals surface area contributed by atoms with Gasteiger partial charge in [0, 0.05) is 29.4 Å². The first-order valence-corrected chi connectivity index (χ1v) is 16.0. The first-order valence-electron chi connectivity index (χ1n) is 16.0. The Morgan fingerprint density at radius 3 is 2.14 bits per heavy atom. The first kappa shape index (κ1) is 31.5. The fraction of sp³-hybridized carbons (Fsp3) is 0.444.